The third-order valence-electron chi connectivity index (χ3n) is 3.96. The highest BCUT2D eigenvalue weighted by molar-refractivity contribution is 6.24. The molecule has 1 aromatic rings. The third kappa shape index (κ3) is 2.11. The van der Waals surface area contributed by atoms with Gasteiger partial charge in [-0.05, 0) is 25.5 Å². The maximum atomic E-state index is 12.6. The Kier molecular flexibility index (Phi) is 3.52. The second-order valence-corrected chi connectivity index (χ2v) is 5.33. The second-order valence-electron chi connectivity index (χ2n) is 5.33. The number of ether oxygens (including phenoxy) is 1. The Morgan fingerprint density at radius 2 is 1.95 bits per heavy atom. The normalized spacial score (nSPS) is 21.3. The Balaban J connectivity index is 1.98. The molecule has 0 saturated heterocycles. The third-order valence-corrected chi connectivity index (χ3v) is 3.96. The van der Waals surface area contributed by atoms with Crippen LogP contribution < -0.4 is 4.74 Å². The maximum Gasteiger partial charge on any atom is 0.266 e. The van der Waals surface area contributed by atoms with E-state index in [2.05, 4.69) is 0 Å². The van der Waals surface area contributed by atoms with Gasteiger partial charge in [0.25, 0.3) is 11.8 Å². The number of Topliss-reactive ketones (excluding diaryl/α,β-unsaturated/α-hetero) is 2. The standard InChI is InChI=1S/C16H15NO5/c1-2-22-13-5-3-4-10-14(13)16(21)17(15(10)20)11-7-6-9(18)8-12(11)19/h3-5,11H,2,6-8H2,1H3. The number of carbonyl (C=O) groups excluding carboxylic acids is 4. The maximum absolute atomic E-state index is 12.6. The molecule has 3 rings (SSSR count). The van der Waals surface area contributed by atoms with Crippen LogP contribution in [0.2, 0.25) is 0 Å². The molecule has 0 aromatic heterocycles. The van der Waals surface area contributed by atoms with Crippen molar-refractivity contribution in [3.05, 3.63) is 29.3 Å². The minimum absolute atomic E-state index is 0.145. The monoisotopic (exact) mass is 301 g/mol. The molecule has 1 aromatic carbocycles. The fourth-order valence-electron chi connectivity index (χ4n) is 2.96. The summed E-state index contributed by atoms with van der Waals surface area (Å²) in [5.74, 6) is -1.18. The Morgan fingerprint density at radius 1 is 1.18 bits per heavy atom. The van der Waals surface area contributed by atoms with Crippen LogP contribution in [0.25, 0.3) is 0 Å². The number of hydrogen-bond acceptors (Lipinski definition) is 5. The van der Waals surface area contributed by atoms with E-state index in [0.717, 1.165) is 4.90 Å². The number of rotatable bonds is 3. The van der Waals surface area contributed by atoms with Crippen molar-refractivity contribution in [1.29, 1.82) is 0 Å². The molecular weight excluding hydrogens is 286 g/mol. The minimum atomic E-state index is -0.848. The highest BCUT2D eigenvalue weighted by Crippen LogP contribution is 2.34. The molecule has 22 heavy (non-hydrogen) atoms. The number of nitrogens with zero attached hydrogens (tertiary/aromatic N) is 1. The topological polar surface area (TPSA) is 80.8 Å². The summed E-state index contributed by atoms with van der Waals surface area (Å²) in [6.07, 6.45) is 0.200. The van der Waals surface area contributed by atoms with Gasteiger partial charge >= 0.3 is 0 Å². The zero-order valence-corrected chi connectivity index (χ0v) is 12.1. The number of imide groups is 1. The Bertz CT molecular complexity index is 694. The molecule has 1 aliphatic heterocycles. The van der Waals surface area contributed by atoms with Gasteiger partial charge in [-0.1, -0.05) is 6.07 Å². The predicted octanol–water partition coefficient (Wildman–Crippen LogP) is 1.37. The van der Waals surface area contributed by atoms with E-state index in [4.69, 9.17) is 4.74 Å². The van der Waals surface area contributed by atoms with Gasteiger partial charge in [-0.2, -0.15) is 0 Å². The molecule has 1 heterocycles. The Morgan fingerprint density at radius 3 is 2.64 bits per heavy atom. The van der Waals surface area contributed by atoms with Crippen molar-refractivity contribution in [2.45, 2.75) is 32.2 Å². The molecule has 1 atom stereocenters. The van der Waals surface area contributed by atoms with E-state index in [-0.39, 0.29) is 42.0 Å². The SMILES string of the molecule is CCOc1cccc2c1C(=O)N(C1CCC(=O)CC1=O)C2=O. The quantitative estimate of drug-likeness (QED) is 0.622. The molecule has 1 saturated carbocycles. The average molecular weight is 301 g/mol. The fourth-order valence-corrected chi connectivity index (χ4v) is 2.96. The smallest absolute Gasteiger partial charge is 0.266 e. The number of hydrogen-bond donors (Lipinski definition) is 0. The van der Waals surface area contributed by atoms with Crippen molar-refractivity contribution in [3.8, 4) is 5.75 Å². The molecule has 6 heteroatoms. The lowest BCUT2D eigenvalue weighted by Gasteiger charge is -2.27. The average Bonchev–Trinajstić information content (AvgIpc) is 2.73. The van der Waals surface area contributed by atoms with Crippen molar-refractivity contribution in [3.63, 3.8) is 0 Å². The highest BCUT2D eigenvalue weighted by Gasteiger charge is 2.45. The van der Waals surface area contributed by atoms with Gasteiger partial charge in [-0.15, -0.1) is 0 Å². The number of carbonyl (C=O) groups is 4. The van der Waals surface area contributed by atoms with Gasteiger partial charge in [-0.3, -0.25) is 24.1 Å². The lowest BCUT2D eigenvalue weighted by atomic mass is 9.92. The van der Waals surface area contributed by atoms with Gasteiger partial charge in [-0.25, -0.2) is 0 Å². The summed E-state index contributed by atoms with van der Waals surface area (Å²) in [5.41, 5.74) is 0.458. The van der Waals surface area contributed by atoms with Crippen molar-refractivity contribution >= 4 is 23.4 Å². The zero-order valence-electron chi connectivity index (χ0n) is 12.1. The van der Waals surface area contributed by atoms with E-state index >= 15 is 0 Å². The number of ketones is 2. The van der Waals surface area contributed by atoms with Gasteiger partial charge in [0.05, 0.1) is 30.2 Å². The molecule has 0 bridgehead atoms. The largest absolute Gasteiger partial charge is 0.493 e. The number of benzene rings is 1. The summed E-state index contributed by atoms with van der Waals surface area (Å²) in [7, 11) is 0. The van der Waals surface area contributed by atoms with Crippen molar-refractivity contribution < 1.29 is 23.9 Å². The van der Waals surface area contributed by atoms with Crippen LogP contribution in [0.1, 0.15) is 46.9 Å². The molecule has 0 N–H and O–H groups in total. The van der Waals surface area contributed by atoms with E-state index in [0.29, 0.717) is 12.4 Å². The number of amides is 2. The van der Waals surface area contributed by atoms with E-state index in [1.54, 1.807) is 25.1 Å². The van der Waals surface area contributed by atoms with E-state index < -0.39 is 17.9 Å². The first-order chi connectivity index (χ1) is 10.5. The summed E-state index contributed by atoms with van der Waals surface area (Å²) in [6.45, 7) is 2.16. The molecule has 1 unspecified atom stereocenters. The molecule has 2 aliphatic rings. The Labute approximate surface area is 127 Å². The first kappa shape index (κ1) is 14.4. The van der Waals surface area contributed by atoms with Crippen molar-refractivity contribution in [1.82, 2.24) is 4.90 Å². The summed E-state index contributed by atoms with van der Waals surface area (Å²) in [6, 6.07) is 3.98. The van der Waals surface area contributed by atoms with Crippen LogP contribution in [0.3, 0.4) is 0 Å². The predicted molar refractivity (Wildman–Crippen MR) is 75.8 cm³/mol. The molecule has 0 spiro atoms. The summed E-state index contributed by atoms with van der Waals surface area (Å²) >= 11 is 0. The summed E-state index contributed by atoms with van der Waals surface area (Å²) in [5, 5.41) is 0. The molecule has 1 fully saturated rings. The molecule has 114 valence electrons. The molecule has 2 amide bonds. The van der Waals surface area contributed by atoms with E-state index in [1.165, 1.54) is 0 Å². The number of fused-ring (bicyclic) bond motifs is 1. The first-order valence-corrected chi connectivity index (χ1v) is 7.22. The van der Waals surface area contributed by atoms with Crippen LogP contribution in [0.5, 0.6) is 5.75 Å². The molecular formula is C16H15NO5. The Hall–Kier alpha value is -2.50. The van der Waals surface area contributed by atoms with Crippen molar-refractivity contribution in [2.24, 2.45) is 0 Å². The van der Waals surface area contributed by atoms with E-state index in [9.17, 15) is 19.2 Å². The molecule has 6 nitrogen and oxygen atoms in total. The van der Waals surface area contributed by atoms with Crippen LogP contribution in [0, 0.1) is 0 Å². The van der Waals surface area contributed by atoms with Crippen LogP contribution in [-0.2, 0) is 9.59 Å². The molecule has 0 radical (unpaired) electrons. The lowest BCUT2D eigenvalue weighted by Crippen LogP contribution is -2.47. The molecule has 1 aliphatic carbocycles. The fraction of sp³-hybridized carbons (Fsp3) is 0.375. The van der Waals surface area contributed by atoms with Gasteiger partial charge in [0.15, 0.2) is 5.78 Å². The lowest BCUT2D eigenvalue weighted by molar-refractivity contribution is -0.132. The van der Waals surface area contributed by atoms with Crippen LogP contribution in [-0.4, -0.2) is 40.9 Å². The van der Waals surface area contributed by atoms with Gasteiger partial charge in [0.1, 0.15) is 11.5 Å². The summed E-state index contributed by atoms with van der Waals surface area (Å²) < 4.78 is 5.41. The minimum Gasteiger partial charge on any atom is -0.493 e. The van der Waals surface area contributed by atoms with Crippen LogP contribution in [0.15, 0.2) is 18.2 Å². The van der Waals surface area contributed by atoms with Gasteiger partial charge in [0.2, 0.25) is 0 Å². The highest BCUT2D eigenvalue weighted by atomic mass is 16.5. The van der Waals surface area contributed by atoms with Crippen molar-refractivity contribution in [2.75, 3.05) is 6.61 Å². The van der Waals surface area contributed by atoms with Crippen LogP contribution >= 0.6 is 0 Å². The zero-order chi connectivity index (χ0) is 15.9. The summed E-state index contributed by atoms with van der Waals surface area (Å²) in [4.78, 5) is 49.5. The van der Waals surface area contributed by atoms with Crippen LogP contribution in [0.4, 0.5) is 0 Å². The second kappa shape index (κ2) is 5.36. The van der Waals surface area contributed by atoms with Gasteiger partial charge in [0, 0.05) is 6.42 Å². The first-order valence-electron chi connectivity index (χ1n) is 7.22. The van der Waals surface area contributed by atoms with Gasteiger partial charge < -0.3 is 4.74 Å². The van der Waals surface area contributed by atoms with E-state index in [1.807, 2.05) is 0 Å².